The molecule has 3 heterocycles. The first-order chi connectivity index (χ1) is 15.5. The van der Waals surface area contributed by atoms with Crippen molar-refractivity contribution in [2.45, 2.75) is 12.6 Å². The van der Waals surface area contributed by atoms with E-state index in [2.05, 4.69) is 4.57 Å². The normalized spacial score (nSPS) is 16.0. The zero-order valence-corrected chi connectivity index (χ0v) is 18.5. The quantitative estimate of drug-likeness (QED) is 0.474. The SMILES string of the molecule is Cn1c(=O)c2c(-c3ccc(Cl)cc3)n3c(c2n(C)c1=O)C(/C=C/c1ccccc1)OCC3. The predicted octanol–water partition coefficient (Wildman–Crippen LogP) is 4.14. The second-order valence-corrected chi connectivity index (χ2v) is 8.32. The van der Waals surface area contributed by atoms with Crippen LogP contribution in [0.5, 0.6) is 0 Å². The summed E-state index contributed by atoms with van der Waals surface area (Å²) < 4.78 is 10.9. The summed E-state index contributed by atoms with van der Waals surface area (Å²) in [4.78, 5) is 26.1. The summed E-state index contributed by atoms with van der Waals surface area (Å²) in [5, 5.41) is 1.13. The number of halogens is 1. The monoisotopic (exact) mass is 447 g/mol. The molecule has 4 aromatic rings. The van der Waals surface area contributed by atoms with Gasteiger partial charge in [0.2, 0.25) is 0 Å². The van der Waals surface area contributed by atoms with Gasteiger partial charge in [-0.25, -0.2) is 4.79 Å². The van der Waals surface area contributed by atoms with Crippen molar-refractivity contribution in [1.82, 2.24) is 13.7 Å². The number of benzene rings is 2. The Kier molecular flexibility index (Phi) is 5.12. The molecule has 1 aliphatic rings. The molecular formula is C25H22ClN3O3. The summed E-state index contributed by atoms with van der Waals surface area (Å²) in [6.45, 7) is 1.07. The molecular weight excluding hydrogens is 426 g/mol. The Labute approximate surface area is 189 Å². The van der Waals surface area contributed by atoms with Gasteiger partial charge in [0.05, 0.1) is 28.9 Å². The third-order valence-corrected chi connectivity index (χ3v) is 6.22. The minimum absolute atomic E-state index is 0.319. The molecule has 0 N–H and O–H groups in total. The Morgan fingerprint density at radius 3 is 2.44 bits per heavy atom. The van der Waals surface area contributed by atoms with Gasteiger partial charge in [-0.05, 0) is 29.3 Å². The third kappa shape index (κ3) is 3.23. The minimum Gasteiger partial charge on any atom is -0.366 e. The van der Waals surface area contributed by atoms with Gasteiger partial charge in [-0.1, -0.05) is 60.1 Å². The average molecular weight is 448 g/mol. The molecule has 0 saturated carbocycles. The lowest BCUT2D eigenvalue weighted by molar-refractivity contribution is 0.0532. The van der Waals surface area contributed by atoms with E-state index in [0.717, 1.165) is 27.1 Å². The summed E-state index contributed by atoms with van der Waals surface area (Å²) in [6, 6.07) is 17.4. The van der Waals surface area contributed by atoms with Crippen molar-refractivity contribution < 1.29 is 4.74 Å². The molecule has 5 rings (SSSR count). The molecule has 0 fully saturated rings. The summed E-state index contributed by atoms with van der Waals surface area (Å²) in [5.74, 6) is 0. The topological polar surface area (TPSA) is 58.2 Å². The smallest absolute Gasteiger partial charge is 0.331 e. The van der Waals surface area contributed by atoms with Gasteiger partial charge in [0.25, 0.3) is 5.56 Å². The zero-order chi connectivity index (χ0) is 22.4. The van der Waals surface area contributed by atoms with Crippen molar-refractivity contribution in [3.05, 3.63) is 97.8 Å². The average Bonchev–Trinajstić information content (AvgIpc) is 3.17. The molecule has 0 bridgehead atoms. The lowest BCUT2D eigenvalue weighted by Gasteiger charge is -2.25. The number of hydrogen-bond acceptors (Lipinski definition) is 3. The first-order valence-corrected chi connectivity index (χ1v) is 10.8. The number of ether oxygens (including phenoxy) is 1. The number of aryl methyl sites for hydroxylation is 1. The molecule has 2 aromatic heterocycles. The molecule has 6 nitrogen and oxygen atoms in total. The van der Waals surface area contributed by atoms with Crippen molar-refractivity contribution >= 4 is 28.6 Å². The highest BCUT2D eigenvalue weighted by Gasteiger charge is 2.31. The van der Waals surface area contributed by atoms with E-state index in [1.807, 2.05) is 54.6 Å². The maximum atomic E-state index is 13.3. The molecule has 0 radical (unpaired) electrons. The molecule has 1 aliphatic heterocycles. The fraction of sp³-hybridized carbons (Fsp3) is 0.200. The molecule has 0 saturated heterocycles. The Hall–Kier alpha value is -3.35. The van der Waals surface area contributed by atoms with E-state index in [9.17, 15) is 9.59 Å². The maximum Gasteiger partial charge on any atom is 0.331 e. The Morgan fingerprint density at radius 1 is 1.00 bits per heavy atom. The fourth-order valence-electron chi connectivity index (χ4n) is 4.43. The highest BCUT2D eigenvalue weighted by Crippen LogP contribution is 2.38. The van der Waals surface area contributed by atoms with E-state index >= 15 is 0 Å². The van der Waals surface area contributed by atoms with E-state index in [-0.39, 0.29) is 11.2 Å². The van der Waals surface area contributed by atoms with Gasteiger partial charge < -0.3 is 9.30 Å². The molecule has 32 heavy (non-hydrogen) atoms. The van der Waals surface area contributed by atoms with Crippen LogP contribution in [0.2, 0.25) is 5.02 Å². The minimum atomic E-state index is -0.398. The zero-order valence-electron chi connectivity index (χ0n) is 17.8. The highest BCUT2D eigenvalue weighted by atomic mass is 35.5. The predicted molar refractivity (Wildman–Crippen MR) is 127 cm³/mol. The van der Waals surface area contributed by atoms with Gasteiger partial charge in [-0.3, -0.25) is 13.9 Å². The van der Waals surface area contributed by atoms with E-state index < -0.39 is 6.10 Å². The highest BCUT2D eigenvalue weighted by molar-refractivity contribution is 6.30. The number of hydrogen-bond donors (Lipinski definition) is 0. The molecule has 1 unspecified atom stereocenters. The van der Waals surface area contributed by atoms with E-state index in [4.69, 9.17) is 16.3 Å². The van der Waals surface area contributed by atoms with Crippen molar-refractivity contribution in [1.29, 1.82) is 0 Å². The van der Waals surface area contributed by atoms with Crippen LogP contribution >= 0.6 is 11.6 Å². The van der Waals surface area contributed by atoms with Crippen LogP contribution in [0.4, 0.5) is 0 Å². The number of aromatic nitrogens is 3. The number of nitrogens with zero attached hydrogens (tertiary/aromatic N) is 3. The lowest BCUT2D eigenvalue weighted by atomic mass is 10.1. The van der Waals surface area contributed by atoms with E-state index in [0.29, 0.717) is 29.1 Å². The summed E-state index contributed by atoms with van der Waals surface area (Å²) >= 11 is 6.11. The second-order valence-electron chi connectivity index (χ2n) is 7.88. The number of rotatable bonds is 3. The van der Waals surface area contributed by atoms with Gasteiger partial charge in [-0.15, -0.1) is 0 Å². The first-order valence-electron chi connectivity index (χ1n) is 10.4. The molecule has 1 atom stereocenters. The molecule has 0 amide bonds. The van der Waals surface area contributed by atoms with Gasteiger partial charge in [-0.2, -0.15) is 0 Å². The van der Waals surface area contributed by atoms with Crippen LogP contribution in [0, 0.1) is 0 Å². The van der Waals surface area contributed by atoms with Crippen LogP contribution in [0.1, 0.15) is 17.4 Å². The summed E-state index contributed by atoms with van der Waals surface area (Å²) in [6.07, 6.45) is 3.58. The van der Waals surface area contributed by atoms with Crippen molar-refractivity contribution in [2.75, 3.05) is 6.61 Å². The maximum absolute atomic E-state index is 13.3. The van der Waals surface area contributed by atoms with Gasteiger partial charge in [0, 0.05) is 25.7 Å². The van der Waals surface area contributed by atoms with Gasteiger partial charge >= 0.3 is 5.69 Å². The molecule has 0 spiro atoms. The van der Waals surface area contributed by atoms with Crippen molar-refractivity contribution in [3.63, 3.8) is 0 Å². The van der Waals surface area contributed by atoms with Crippen LogP contribution in [0.25, 0.3) is 28.2 Å². The standard InChI is InChI=1S/C25H22ClN3O3/c1-27-23-20(24(30)28(2)25(27)31)21(17-9-11-18(26)12-10-17)29-14-15-32-19(22(23)29)13-8-16-6-4-3-5-7-16/h3-13,19H,14-15H2,1-2H3/b13-8+. The van der Waals surface area contributed by atoms with Crippen LogP contribution in [0.3, 0.4) is 0 Å². The third-order valence-electron chi connectivity index (χ3n) is 5.97. The Balaban J connectivity index is 1.83. The summed E-state index contributed by atoms with van der Waals surface area (Å²) in [7, 11) is 3.21. The van der Waals surface area contributed by atoms with Crippen LogP contribution in [0.15, 0.2) is 70.3 Å². The Bertz CT molecular complexity index is 1460. The largest absolute Gasteiger partial charge is 0.366 e. The van der Waals surface area contributed by atoms with Crippen molar-refractivity contribution in [2.24, 2.45) is 14.1 Å². The first kappa shape index (κ1) is 20.5. The number of fused-ring (bicyclic) bond motifs is 3. The van der Waals surface area contributed by atoms with Crippen molar-refractivity contribution in [3.8, 4) is 11.3 Å². The lowest BCUT2D eigenvalue weighted by Crippen LogP contribution is -2.37. The molecule has 7 heteroatoms. The van der Waals surface area contributed by atoms with Gasteiger partial charge in [0.15, 0.2) is 0 Å². The van der Waals surface area contributed by atoms with E-state index in [1.54, 1.807) is 23.7 Å². The van der Waals surface area contributed by atoms with Crippen LogP contribution in [-0.4, -0.2) is 20.3 Å². The molecule has 2 aromatic carbocycles. The molecule has 0 aliphatic carbocycles. The second kappa shape index (κ2) is 7.97. The Morgan fingerprint density at radius 2 is 1.72 bits per heavy atom. The fourth-order valence-corrected chi connectivity index (χ4v) is 4.55. The van der Waals surface area contributed by atoms with Crippen LogP contribution < -0.4 is 11.2 Å². The van der Waals surface area contributed by atoms with E-state index in [1.165, 1.54) is 7.05 Å². The van der Waals surface area contributed by atoms with Gasteiger partial charge in [0.1, 0.15) is 6.10 Å². The molecule has 162 valence electrons. The van der Waals surface area contributed by atoms with Crippen LogP contribution in [-0.2, 0) is 25.4 Å². The summed E-state index contributed by atoms with van der Waals surface area (Å²) in [5.41, 5.74) is 3.42.